The van der Waals surface area contributed by atoms with E-state index in [9.17, 15) is 8.78 Å². The van der Waals surface area contributed by atoms with Crippen LogP contribution in [0.2, 0.25) is 0 Å². The summed E-state index contributed by atoms with van der Waals surface area (Å²) in [5.41, 5.74) is 1.09. The van der Waals surface area contributed by atoms with E-state index in [1.54, 1.807) is 37.4 Å². The topological polar surface area (TPSA) is 52.6 Å². The van der Waals surface area contributed by atoms with E-state index < -0.39 is 17.7 Å². The Kier molecular flexibility index (Phi) is 10.1. The van der Waals surface area contributed by atoms with Crippen molar-refractivity contribution in [1.82, 2.24) is 20.5 Å². The van der Waals surface area contributed by atoms with Crippen molar-refractivity contribution < 1.29 is 8.78 Å². The van der Waals surface area contributed by atoms with E-state index in [2.05, 4.69) is 20.6 Å². The van der Waals surface area contributed by atoms with Gasteiger partial charge in [-0.2, -0.15) is 0 Å². The fourth-order valence-electron chi connectivity index (χ4n) is 2.62. The van der Waals surface area contributed by atoms with Gasteiger partial charge in [0.25, 0.3) is 0 Å². The Morgan fingerprint density at radius 1 is 1.26 bits per heavy atom. The van der Waals surface area contributed by atoms with Crippen molar-refractivity contribution in [2.45, 2.75) is 19.4 Å². The number of hydrogen-bond donors (Lipinski definition) is 2. The van der Waals surface area contributed by atoms with Crippen molar-refractivity contribution in [2.75, 3.05) is 34.2 Å². The molecule has 0 saturated heterocycles. The van der Waals surface area contributed by atoms with Crippen LogP contribution in [0.25, 0.3) is 0 Å². The Bertz CT molecular complexity index is 731. The number of halogens is 3. The Morgan fingerprint density at radius 3 is 2.44 bits per heavy atom. The number of guanidine groups is 1. The zero-order valence-corrected chi connectivity index (χ0v) is 19.1. The molecule has 1 heterocycles. The highest BCUT2D eigenvalue weighted by Crippen LogP contribution is 2.23. The van der Waals surface area contributed by atoms with E-state index in [0.29, 0.717) is 19.0 Å². The first kappa shape index (κ1) is 23.7. The molecule has 9 heteroatoms. The predicted octanol–water partition coefficient (Wildman–Crippen LogP) is 3.36. The average molecular weight is 509 g/mol. The van der Waals surface area contributed by atoms with Crippen LogP contribution in [0.15, 0.2) is 28.6 Å². The van der Waals surface area contributed by atoms with Crippen LogP contribution in [0.3, 0.4) is 0 Å². The van der Waals surface area contributed by atoms with Gasteiger partial charge in [0, 0.05) is 37.5 Å². The average Bonchev–Trinajstić information content (AvgIpc) is 3.00. The molecular weight excluding hydrogens is 483 g/mol. The number of thiazole rings is 1. The summed E-state index contributed by atoms with van der Waals surface area (Å²) >= 11 is 1.63. The van der Waals surface area contributed by atoms with Gasteiger partial charge in [0.1, 0.15) is 11.6 Å². The van der Waals surface area contributed by atoms with Gasteiger partial charge < -0.3 is 15.5 Å². The van der Waals surface area contributed by atoms with Crippen LogP contribution in [-0.2, 0) is 6.42 Å². The number of benzene rings is 1. The van der Waals surface area contributed by atoms with Gasteiger partial charge in [-0.25, -0.2) is 13.8 Å². The number of rotatable bonds is 7. The standard InChI is InChI=1S/C18H25F2N5S.HI/c1-12-24-13(11-26-12)8-9-22-18(21-2)23-10-16(25(3)4)17-14(19)6-5-7-15(17)20;/h5-7,11,16H,8-10H2,1-4H3,(H2,21,22,23);1H. The van der Waals surface area contributed by atoms with Crippen molar-refractivity contribution in [1.29, 1.82) is 0 Å². The smallest absolute Gasteiger partial charge is 0.191 e. The Morgan fingerprint density at radius 2 is 1.93 bits per heavy atom. The Labute approximate surface area is 180 Å². The van der Waals surface area contributed by atoms with Crippen LogP contribution < -0.4 is 10.6 Å². The fourth-order valence-corrected chi connectivity index (χ4v) is 3.26. The van der Waals surface area contributed by atoms with Crippen LogP contribution in [0.1, 0.15) is 22.3 Å². The van der Waals surface area contributed by atoms with Gasteiger partial charge in [0.05, 0.1) is 16.7 Å². The molecule has 0 saturated carbocycles. The van der Waals surface area contributed by atoms with Crippen LogP contribution in [0.5, 0.6) is 0 Å². The molecule has 2 rings (SSSR count). The largest absolute Gasteiger partial charge is 0.356 e. The lowest BCUT2D eigenvalue weighted by Gasteiger charge is -2.26. The molecule has 0 aliphatic heterocycles. The van der Waals surface area contributed by atoms with Gasteiger partial charge in [0.2, 0.25) is 0 Å². The number of likely N-dealkylation sites (N-methyl/N-ethyl adjacent to an activating group) is 1. The lowest BCUT2D eigenvalue weighted by atomic mass is 10.0. The van der Waals surface area contributed by atoms with Crippen LogP contribution in [0.4, 0.5) is 8.78 Å². The third-order valence-corrected chi connectivity index (χ3v) is 4.81. The normalized spacial score (nSPS) is 12.6. The predicted molar refractivity (Wildman–Crippen MR) is 118 cm³/mol. The maximum atomic E-state index is 14.1. The molecule has 27 heavy (non-hydrogen) atoms. The zero-order chi connectivity index (χ0) is 19.1. The molecule has 0 spiro atoms. The molecule has 0 amide bonds. The summed E-state index contributed by atoms with van der Waals surface area (Å²) < 4.78 is 28.2. The second kappa shape index (κ2) is 11.5. The maximum Gasteiger partial charge on any atom is 0.191 e. The molecule has 1 atom stereocenters. The molecule has 1 aromatic carbocycles. The van der Waals surface area contributed by atoms with Gasteiger partial charge in [-0.15, -0.1) is 35.3 Å². The summed E-state index contributed by atoms with van der Waals surface area (Å²) in [6.07, 6.45) is 0.782. The zero-order valence-electron chi connectivity index (χ0n) is 15.9. The van der Waals surface area contributed by atoms with Crippen molar-refractivity contribution in [3.05, 3.63) is 51.5 Å². The second-order valence-electron chi connectivity index (χ2n) is 6.10. The monoisotopic (exact) mass is 509 g/mol. The molecule has 150 valence electrons. The summed E-state index contributed by atoms with van der Waals surface area (Å²) in [5, 5.41) is 9.42. The first-order valence-electron chi connectivity index (χ1n) is 8.38. The highest BCUT2D eigenvalue weighted by Gasteiger charge is 2.22. The van der Waals surface area contributed by atoms with Gasteiger partial charge in [-0.1, -0.05) is 6.07 Å². The molecule has 1 aromatic heterocycles. The highest BCUT2D eigenvalue weighted by molar-refractivity contribution is 14.0. The Hall–Kier alpha value is -1.33. The molecule has 0 bridgehead atoms. The highest BCUT2D eigenvalue weighted by atomic mass is 127. The van der Waals surface area contributed by atoms with Crippen LogP contribution in [-0.4, -0.2) is 50.1 Å². The molecule has 0 aliphatic rings. The number of aliphatic imine (C=N–C) groups is 1. The lowest BCUT2D eigenvalue weighted by molar-refractivity contribution is 0.282. The number of aryl methyl sites for hydroxylation is 1. The van der Waals surface area contributed by atoms with E-state index >= 15 is 0 Å². The first-order chi connectivity index (χ1) is 12.4. The van der Waals surface area contributed by atoms with Crippen molar-refractivity contribution in [3.8, 4) is 0 Å². The lowest BCUT2D eigenvalue weighted by Crippen LogP contribution is -2.42. The van der Waals surface area contributed by atoms with Crippen molar-refractivity contribution in [3.63, 3.8) is 0 Å². The molecule has 0 radical (unpaired) electrons. The van der Waals surface area contributed by atoms with Gasteiger partial charge in [-0.05, 0) is 33.2 Å². The summed E-state index contributed by atoms with van der Waals surface area (Å²) in [5.74, 6) is -0.514. The fraction of sp³-hybridized carbons (Fsp3) is 0.444. The third kappa shape index (κ3) is 6.96. The van der Waals surface area contributed by atoms with Crippen LogP contribution >= 0.6 is 35.3 Å². The van der Waals surface area contributed by atoms with Gasteiger partial charge in [-0.3, -0.25) is 4.99 Å². The first-order valence-corrected chi connectivity index (χ1v) is 9.26. The Balaban J connectivity index is 0.00000364. The quantitative estimate of drug-likeness (QED) is 0.342. The SMILES string of the molecule is CN=C(NCCc1csc(C)n1)NCC(c1c(F)cccc1F)N(C)C.I. The summed E-state index contributed by atoms with van der Waals surface area (Å²) in [7, 11) is 5.24. The second-order valence-corrected chi connectivity index (χ2v) is 7.16. The van der Waals surface area contributed by atoms with Gasteiger partial charge >= 0.3 is 0 Å². The van der Waals surface area contributed by atoms with E-state index in [0.717, 1.165) is 17.1 Å². The minimum absolute atomic E-state index is 0. The summed E-state index contributed by atoms with van der Waals surface area (Å²) in [6.45, 7) is 2.97. The molecule has 0 aliphatic carbocycles. The summed E-state index contributed by atoms with van der Waals surface area (Å²) in [4.78, 5) is 10.4. The van der Waals surface area contributed by atoms with E-state index in [1.165, 1.54) is 18.2 Å². The molecule has 2 aromatic rings. The van der Waals surface area contributed by atoms with Crippen LogP contribution in [0, 0.1) is 18.6 Å². The minimum atomic E-state index is -0.549. The number of nitrogens with one attached hydrogen (secondary N) is 2. The summed E-state index contributed by atoms with van der Waals surface area (Å²) in [6, 6.07) is 3.46. The third-order valence-electron chi connectivity index (χ3n) is 3.98. The molecule has 0 fully saturated rings. The van der Waals surface area contributed by atoms with Crippen molar-refractivity contribution >= 4 is 41.3 Å². The van der Waals surface area contributed by atoms with E-state index in [1.807, 2.05) is 12.3 Å². The molecule has 5 nitrogen and oxygen atoms in total. The molecular formula is C18H26F2IN5S. The molecule has 1 unspecified atom stereocenters. The maximum absolute atomic E-state index is 14.1. The van der Waals surface area contributed by atoms with Gasteiger partial charge in [0.15, 0.2) is 5.96 Å². The number of nitrogens with zero attached hydrogens (tertiary/aromatic N) is 3. The van der Waals surface area contributed by atoms with E-state index in [4.69, 9.17) is 0 Å². The van der Waals surface area contributed by atoms with Crippen molar-refractivity contribution in [2.24, 2.45) is 4.99 Å². The number of aromatic nitrogens is 1. The molecule has 2 N–H and O–H groups in total. The number of hydrogen-bond acceptors (Lipinski definition) is 4. The van der Waals surface area contributed by atoms with E-state index in [-0.39, 0.29) is 29.5 Å². The minimum Gasteiger partial charge on any atom is -0.356 e.